The smallest absolute Gasteiger partial charge is 0.280 e. The van der Waals surface area contributed by atoms with Crippen LogP contribution >= 0.6 is 11.6 Å². The predicted octanol–water partition coefficient (Wildman–Crippen LogP) is 3.80. The third-order valence-electron chi connectivity index (χ3n) is 5.53. The summed E-state index contributed by atoms with van der Waals surface area (Å²) >= 11 is 6.40. The van der Waals surface area contributed by atoms with Crippen LogP contribution in [0.2, 0.25) is 5.02 Å². The summed E-state index contributed by atoms with van der Waals surface area (Å²) in [5.41, 5.74) is 2.61. The molecule has 0 radical (unpaired) electrons. The molecule has 1 fully saturated rings. The van der Waals surface area contributed by atoms with Crippen LogP contribution in [0, 0.1) is 0 Å². The van der Waals surface area contributed by atoms with E-state index < -0.39 is 20.2 Å². The van der Waals surface area contributed by atoms with Crippen LogP contribution in [-0.2, 0) is 20.2 Å². The molecule has 2 aromatic carbocycles. The van der Waals surface area contributed by atoms with Crippen molar-refractivity contribution in [1.82, 2.24) is 14.7 Å². The van der Waals surface area contributed by atoms with E-state index in [1.807, 2.05) is 6.07 Å². The summed E-state index contributed by atoms with van der Waals surface area (Å²) in [6, 6.07) is 15.9. The van der Waals surface area contributed by atoms with Crippen molar-refractivity contribution >= 4 is 54.1 Å². The topological polar surface area (TPSA) is 121 Å². The summed E-state index contributed by atoms with van der Waals surface area (Å²) in [6.45, 7) is 0.705. The van der Waals surface area contributed by atoms with Crippen molar-refractivity contribution in [3.05, 3.63) is 78.1 Å². The maximum atomic E-state index is 13.0. The molecule has 0 saturated carbocycles. The number of halogens is 1. The van der Waals surface area contributed by atoms with Crippen molar-refractivity contribution in [2.24, 2.45) is 0 Å². The van der Waals surface area contributed by atoms with Crippen LogP contribution in [-0.4, -0.2) is 39.9 Å². The third-order valence-corrected chi connectivity index (χ3v) is 8.80. The van der Waals surface area contributed by atoms with E-state index in [1.54, 1.807) is 42.7 Å². The standard InChI is InChI=1S/C23H20ClN5O4S2/c24-21-8-3-17(14-20(21)23-9-2-16-15-25-12-10-22(16)27-23)28-34(30,31)19-6-4-18(5-7-19)29-13-1-11-26-35(29,32)33/h2-10,12,14-15,26,28H,1,11,13H2. The van der Waals surface area contributed by atoms with E-state index in [1.165, 1.54) is 28.6 Å². The first-order chi connectivity index (χ1) is 16.7. The fraction of sp³-hybridized carbons (Fsp3) is 0.130. The normalized spacial score (nSPS) is 15.7. The quantitative estimate of drug-likeness (QED) is 0.405. The van der Waals surface area contributed by atoms with Gasteiger partial charge in [-0.15, -0.1) is 0 Å². The van der Waals surface area contributed by atoms with Gasteiger partial charge in [0.05, 0.1) is 26.8 Å². The molecule has 5 rings (SSSR count). The van der Waals surface area contributed by atoms with Gasteiger partial charge < -0.3 is 0 Å². The van der Waals surface area contributed by atoms with Crippen LogP contribution in [0.15, 0.2) is 78.0 Å². The van der Waals surface area contributed by atoms with Gasteiger partial charge in [0.2, 0.25) is 0 Å². The Balaban J connectivity index is 1.41. The summed E-state index contributed by atoms with van der Waals surface area (Å²) in [5.74, 6) is 0. The van der Waals surface area contributed by atoms with Gasteiger partial charge in [0.1, 0.15) is 0 Å². The largest absolute Gasteiger partial charge is 0.301 e. The van der Waals surface area contributed by atoms with Crippen molar-refractivity contribution in [3.63, 3.8) is 0 Å². The van der Waals surface area contributed by atoms with E-state index in [0.717, 1.165) is 10.9 Å². The van der Waals surface area contributed by atoms with Crippen LogP contribution < -0.4 is 13.7 Å². The number of anilines is 2. The Bertz CT molecular complexity index is 1630. The number of hydrogen-bond donors (Lipinski definition) is 2. The van der Waals surface area contributed by atoms with Gasteiger partial charge in [0.15, 0.2) is 0 Å². The monoisotopic (exact) mass is 529 g/mol. The first-order valence-electron chi connectivity index (χ1n) is 10.6. The molecule has 0 spiro atoms. The molecule has 0 unspecified atom stereocenters. The Morgan fingerprint density at radius 3 is 2.60 bits per heavy atom. The number of nitrogens with zero attached hydrogens (tertiary/aromatic N) is 3. The van der Waals surface area contributed by atoms with Gasteiger partial charge >= 0.3 is 10.2 Å². The molecule has 3 heterocycles. The summed E-state index contributed by atoms with van der Waals surface area (Å²) in [7, 11) is -7.57. The van der Waals surface area contributed by atoms with Crippen LogP contribution in [0.5, 0.6) is 0 Å². The van der Waals surface area contributed by atoms with Crippen LogP contribution in [0.3, 0.4) is 0 Å². The number of benzene rings is 2. The minimum atomic E-state index is -3.94. The molecule has 0 aliphatic carbocycles. The maximum Gasteiger partial charge on any atom is 0.301 e. The molecule has 180 valence electrons. The average Bonchev–Trinajstić information content (AvgIpc) is 2.84. The number of hydrogen-bond acceptors (Lipinski definition) is 6. The molecule has 4 aromatic rings. The molecule has 1 aliphatic rings. The first-order valence-corrected chi connectivity index (χ1v) is 13.9. The molecule has 9 nitrogen and oxygen atoms in total. The van der Waals surface area contributed by atoms with E-state index in [-0.39, 0.29) is 4.90 Å². The summed E-state index contributed by atoms with van der Waals surface area (Å²) in [4.78, 5) is 8.68. The number of pyridine rings is 2. The molecule has 0 atom stereocenters. The fourth-order valence-electron chi connectivity index (χ4n) is 3.80. The van der Waals surface area contributed by atoms with Crippen LogP contribution in [0.1, 0.15) is 6.42 Å². The van der Waals surface area contributed by atoms with Gasteiger partial charge in [-0.05, 0) is 67.1 Å². The molecular weight excluding hydrogens is 510 g/mol. The lowest BCUT2D eigenvalue weighted by Gasteiger charge is -2.28. The highest BCUT2D eigenvalue weighted by molar-refractivity contribution is 7.92. The summed E-state index contributed by atoms with van der Waals surface area (Å²) in [5, 5.41) is 1.30. The molecular formula is C23H20ClN5O4S2. The maximum absolute atomic E-state index is 13.0. The van der Waals surface area contributed by atoms with E-state index in [9.17, 15) is 16.8 Å². The Morgan fingerprint density at radius 1 is 1.03 bits per heavy atom. The Hall–Kier alpha value is -3.25. The van der Waals surface area contributed by atoms with E-state index in [2.05, 4.69) is 19.4 Å². The lowest BCUT2D eigenvalue weighted by Crippen LogP contribution is -2.47. The highest BCUT2D eigenvalue weighted by atomic mass is 35.5. The van der Waals surface area contributed by atoms with Gasteiger partial charge in [-0.3, -0.25) is 14.0 Å². The predicted molar refractivity (Wildman–Crippen MR) is 136 cm³/mol. The van der Waals surface area contributed by atoms with Gasteiger partial charge in [0, 0.05) is 42.1 Å². The molecule has 35 heavy (non-hydrogen) atoms. The van der Waals surface area contributed by atoms with Gasteiger partial charge in [0.25, 0.3) is 10.0 Å². The second-order valence-electron chi connectivity index (χ2n) is 7.88. The molecule has 12 heteroatoms. The zero-order valence-corrected chi connectivity index (χ0v) is 20.6. The average molecular weight is 530 g/mol. The highest BCUT2D eigenvalue weighted by Gasteiger charge is 2.26. The Labute approximate surface area is 208 Å². The zero-order chi connectivity index (χ0) is 24.6. The highest BCUT2D eigenvalue weighted by Crippen LogP contribution is 2.31. The Kier molecular flexibility index (Phi) is 6.09. The van der Waals surface area contributed by atoms with Gasteiger partial charge in [-0.1, -0.05) is 11.6 Å². The summed E-state index contributed by atoms with van der Waals surface area (Å²) in [6.07, 6.45) is 4.01. The number of rotatable bonds is 5. The zero-order valence-electron chi connectivity index (χ0n) is 18.2. The second-order valence-corrected chi connectivity index (χ2v) is 11.7. The second kappa shape index (κ2) is 9.08. The number of fused-ring (bicyclic) bond motifs is 1. The van der Waals surface area contributed by atoms with E-state index in [0.29, 0.717) is 47.2 Å². The fourth-order valence-corrected chi connectivity index (χ4v) is 6.39. The summed E-state index contributed by atoms with van der Waals surface area (Å²) < 4.78 is 56.7. The minimum Gasteiger partial charge on any atom is -0.280 e. The molecule has 1 saturated heterocycles. The SMILES string of the molecule is O=S(=O)(Nc1ccc(Cl)c(-c2ccc3cnccc3n2)c1)c1ccc(N2CCCNS2(=O)=O)cc1. The van der Waals surface area contributed by atoms with Crippen molar-refractivity contribution < 1.29 is 16.8 Å². The van der Waals surface area contributed by atoms with Crippen molar-refractivity contribution in [2.75, 3.05) is 22.1 Å². The molecule has 1 aliphatic heterocycles. The lowest BCUT2D eigenvalue weighted by molar-refractivity contribution is 0.560. The van der Waals surface area contributed by atoms with Crippen LogP contribution in [0.4, 0.5) is 11.4 Å². The first kappa shape index (κ1) is 23.5. The number of aromatic nitrogens is 2. The number of sulfonamides is 1. The van der Waals surface area contributed by atoms with Crippen molar-refractivity contribution in [2.45, 2.75) is 11.3 Å². The van der Waals surface area contributed by atoms with Crippen molar-refractivity contribution in [3.8, 4) is 11.3 Å². The minimum absolute atomic E-state index is 0.00329. The van der Waals surface area contributed by atoms with Gasteiger partial charge in [-0.2, -0.15) is 13.1 Å². The van der Waals surface area contributed by atoms with Crippen molar-refractivity contribution in [1.29, 1.82) is 0 Å². The van der Waals surface area contributed by atoms with Gasteiger partial charge in [-0.25, -0.2) is 13.4 Å². The van der Waals surface area contributed by atoms with E-state index >= 15 is 0 Å². The lowest BCUT2D eigenvalue weighted by atomic mass is 10.1. The molecule has 2 aromatic heterocycles. The molecule has 0 amide bonds. The third kappa shape index (κ3) is 4.80. The molecule has 0 bridgehead atoms. The van der Waals surface area contributed by atoms with Crippen LogP contribution in [0.25, 0.3) is 22.2 Å². The number of nitrogens with one attached hydrogen (secondary N) is 2. The van der Waals surface area contributed by atoms with E-state index in [4.69, 9.17) is 11.6 Å². The molecule has 2 N–H and O–H groups in total. The Morgan fingerprint density at radius 2 is 1.83 bits per heavy atom.